The van der Waals surface area contributed by atoms with E-state index in [1.807, 2.05) is 69.2 Å². The van der Waals surface area contributed by atoms with E-state index >= 15 is 0 Å². The molecule has 10 bridgehead atoms. The average Bonchev–Trinajstić information content (AvgIpc) is 1.25. The van der Waals surface area contributed by atoms with Crippen molar-refractivity contribution in [2.45, 2.75) is 352 Å². The smallest absolute Gasteiger partial charge is 0.422 e. The average molecular weight is 1560 g/mol. The van der Waals surface area contributed by atoms with E-state index in [1.165, 1.54) is 51.4 Å². The molecule has 13 aliphatic rings. The molecule has 26 heteroatoms. The molecule has 11 aliphatic carbocycles. The van der Waals surface area contributed by atoms with E-state index in [4.69, 9.17) is 37.3 Å². The number of fused-ring (bicyclic) bond motifs is 1. The third-order valence-corrected chi connectivity index (χ3v) is 28.1. The van der Waals surface area contributed by atoms with Crippen LogP contribution >= 0.6 is 0 Å². The fourth-order valence-electron chi connectivity index (χ4n) is 17.4. The van der Waals surface area contributed by atoms with Gasteiger partial charge in [0.15, 0.2) is 19.8 Å². The minimum atomic E-state index is -4.58. The number of alkyl halides is 3. The fourth-order valence-corrected chi connectivity index (χ4v) is 19.3. The zero-order valence-corrected chi connectivity index (χ0v) is 69.7. The van der Waals surface area contributed by atoms with Crippen LogP contribution in [0.5, 0.6) is 0 Å². The zero-order chi connectivity index (χ0) is 81.6. The second-order valence-corrected chi connectivity index (χ2v) is 39.4. The minimum absolute atomic E-state index is 0.0130. The Morgan fingerprint density at radius 1 is 0.537 bits per heavy atom. The number of cyclic esters (lactones) is 1. The number of carbonyl (C=O) groups is 9. The fraction of sp³-hybridized carbons (Fsp3) is 0.890. The molecule has 13 fully saturated rings. The predicted molar refractivity (Wildman–Crippen MR) is 395 cm³/mol. The Balaban J connectivity index is 0.000000205. The normalized spacial score (nSPS) is 31.2. The molecule has 620 valence electrons. The van der Waals surface area contributed by atoms with E-state index in [-0.39, 0.29) is 63.3 Å². The molecule has 8 atom stereocenters. The van der Waals surface area contributed by atoms with E-state index in [0.29, 0.717) is 81.1 Å². The van der Waals surface area contributed by atoms with Crippen molar-refractivity contribution in [2.75, 3.05) is 26.4 Å². The second-order valence-electron chi connectivity index (χ2n) is 37.7. The molecule has 2 aliphatic heterocycles. The first-order valence-corrected chi connectivity index (χ1v) is 41.6. The molecule has 108 heavy (non-hydrogen) atoms. The highest BCUT2D eigenvalue weighted by Crippen LogP contribution is 2.63. The monoisotopic (exact) mass is 1560 g/mol. The molecule has 0 aromatic carbocycles. The van der Waals surface area contributed by atoms with Gasteiger partial charge in [-0.15, -0.1) is 0 Å². The van der Waals surface area contributed by atoms with Gasteiger partial charge in [0.05, 0.1) is 49.9 Å². The van der Waals surface area contributed by atoms with Crippen LogP contribution in [-0.2, 0) is 100 Å². The van der Waals surface area contributed by atoms with Gasteiger partial charge >= 0.3 is 59.9 Å². The highest BCUT2D eigenvalue weighted by molar-refractivity contribution is 7.87. The van der Waals surface area contributed by atoms with Crippen LogP contribution in [0, 0.1) is 85.8 Å². The van der Waals surface area contributed by atoms with Crippen LogP contribution in [0.3, 0.4) is 0 Å². The Hall–Kier alpha value is -5.11. The second kappa shape index (κ2) is 35.5. The lowest BCUT2D eigenvalue weighted by atomic mass is 9.47. The number of halogens is 3. The van der Waals surface area contributed by atoms with Crippen LogP contribution in [0.15, 0.2) is 0 Å². The highest BCUT2D eigenvalue weighted by atomic mass is 32.2. The van der Waals surface area contributed by atoms with Crippen LogP contribution < -0.4 is 0 Å². The van der Waals surface area contributed by atoms with Crippen molar-refractivity contribution < 1.29 is 117 Å². The Labute approximate surface area is 641 Å². The van der Waals surface area contributed by atoms with Gasteiger partial charge in [0.1, 0.15) is 29.0 Å². The van der Waals surface area contributed by atoms with Gasteiger partial charge in [-0.2, -0.15) is 21.6 Å². The molecular weight excluding hydrogens is 1430 g/mol. The van der Waals surface area contributed by atoms with Crippen LogP contribution in [0.4, 0.5) is 13.2 Å². The summed E-state index contributed by atoms with van der Waals surface area (Å²) >= 11 is 0. The summed E-state index contributed by atoms with van der Waals surface area (Å²) < 4.78 is 110. The van der Waals surface area contributed by atoms with Gasteiger partial charge in [0.25, 0.3) is 10.1 Å². The lowest BCUT2D eigenvalue weighted by Gasteiger charge is -2.62. The summed E-state index contributed by atoms with van der Waals surface area (Å²) in [5.41, 5.74) is -4.30. The van der Waals surface area contributed by atoms with Crippen molar-refractivity contribution in [3.8, 4) is 0 Å². The summed E-state index contributed by atoms with van der Waals surface area (Å²) in [7, 11) is -3.53. The van der Waals surface area contributed by atoms with Gasteiger partial charge < -0.3 is 47.7 Å². The van der Waals surface area contributed by atoms with Gasteiger partial charge in [-0.3, -0.25) is 33.0 Å². The Bertz CT molecular complexity index is 3230. The molecule has 8 unspecified atom stereocenters. The van der Waals surface area contributed by atoms with Gasteiger partial charge in [-0.1, -0.05) is 55.4 Å². The van der Waals surface area contributed by atoms with E-state index in [0.717, 1.165) is 69.6 Å². The lowest BCUT2D eigenvalue weighted by Crippen LogP contribution is -2.63. The predicted octanol–water partition coefficient (Wildman–Crippen LogP) is 15.5. The summed E-state index contributed by atoms with van der Waals surface area (Å²) in [6.07, 6.45) is 16.2. The third kappa shape index (κ3) is 22.9. The largest absolute Gasteiger partial charge is 0.463 e. The first kappa shape index (κ1) is 91.8. The minimum Gasteiger partial charge on any atom is -0.463 e. The molecule has 0 radical (unpaired) electrons. The Kier molecular flexibility index (Phi) is 30.2. The van der Waals surface area contributed by atoms with Gasteiger partial charge in [0, 0.05) is 24.7 Å². The number of hydrogen-bond donors (Lipinski definition) is 1. The number of aliphatic hydroxyl groups is 1. The summed E-state index contributed by atoms with van der Waals surface area (Å²) in [4.78, 5) is 106. The SMILES string of the molecule is CCC(C)(C)C(=O)OC1(C(C)C)C2CC3CC(C2)CC1C3.CCC(C)(C)C(=O)OC1(C)CCCC1.CCC(C)(C)C(=O)OC12CC3CC(CC(O)(C3)C1)C2.CCC(C)(C)C(=O)OC1CCOC1=O.CCC(C)(C)C(=O)OCC(=O)OC1C2CC3C1OS(=O)(=O)C3C2.CCC(C)(C)C(=O)OCC(=O)OCC(F)(F)F. The molecule has 1 N–H and O–H groups in total. The van der Waals surface area contributed by atoms with Crippen LogP contribution in [-0.4, -0.2) is 146 Å². The first-order chi connectivity index (χ1) is 49.7. The summed E-state index contributed by atoms with van der Waals surface area (Å²) in [6.45, 7) is 37.8. The lowest BCUT2D eigenvalue weighted by molar-refractivity contribution is -0.231. The molecule has 0 spiro atoms. The molecule has 0 amide bonds. The molecule has 0 aromatic heterocycles. The van der Waals surface area contributed by atoms with Crippen LogP contribution in [0.2, 0.25) is 0 Å². The summed E-state index contributed by atoms with van der Waals surface area (Å²) in [6, 6.07) is 0. The third-order valence-electron chi connectivity index (χ3n) is 26.3. The van der Waals surface area contributed by atoms with E-state index in [1.54, 1.807) is 48.5 Å². The molecular formula is C82H133F3O22S. The van der Waals surface area contributed by atoms with Crippen LogP contribution in [0.25, 0.3) is 0 Å². The molecule has 0 aromatic rings. The number of carbonyl (C=O) groups excluding carboxylic acids is 9. The van der Waals surface area contributed by atoms with E-state index in [2.05, 4.69) is 37.2 Å². The zero-order valence-electron chi connectivity index (χ0n) is 68.9. The van der Waals surface area contributed by atoms with Gasteiger partial charge in [-0.05, 0) is 273 Å². The maximum Gasteiger partial charge on any atom is 0.422 e. The number of rotatable bonds is 23. The van der Waals surface area contributed by atoms with Crippen LogP contribution in [0.1, 0.15) is 299 Å². The van der Waals surface area contributed by atoms with Crippen molar-refractivity contribution in [1.82, 2.24) is 0 Å². The van der Waals surface area contributed by atoms with Crippen molar-refractivity contribution in [3.05, 3.63) is 0 Å². The molecule has 2 saturated heterocycles. The highest BCUT2D eigenvalue weighted by Gasteiger charge is 2.66. The number of ether oxygens (including phenoxy) is 9. The summed E-state index contributed by atoms with van der Waals surface area (Å²) in [5.74, 6) is 0.721. The van der Waals surface area contributed by atoms with Crippen molar-refractivity contribution >= 4 is 63.8 Å². The molecule has 11 saturated carbocycles. The standard InChI is InChI=1S/C19H32O2.C16H26O3.C15H22O7S.C12H22O2.C10H15F3O4.C10H16O4/c1-6-18(4,5)17(20)21-19(12(2)3)15-8-13-7-14(10-15)11-16(19)9-13;1-4-14(2,3)13(17)19-16-8-11-5-12(9-16)7-15(18,6-11)10-16;1-4-15(2,3)14(17)20-7-11(16)21-12-8-5-9-10(6-8)23(18,19)22-13(9)12;1-5-11(2,3)10(13)14-12(4)8-6-7-9-12;1-4-9(2,3)8(15)16-5-7(14)17-6-10(11,12)13;1-4-10(2,3)9(12)14-7-5-6-13-8(7)11/h12-16H,6-11H2,1-5H3;11-12,18H,4-10H2,1-3H3;8-10,12-13H,4-7H2,1-3H3;5-9H2,1-4H3;4-6H2,1-3H3;7H,4-6H2,1-3H3. The molecule has 2 heterocycles. The van der Waals surface area contributed by atoms with Crippen molar-refractivity contribution in [3.63, 3.8) is 0 Å². The summed E-state index contributed by atoms with van der Waals surface area (Å²) in [5, 5.41) is 10.2. The maximum atomic E-state index is 12.8. The topological polar surface area (TPSA) is 300 Å². The first-order valence-electron chi connectivity index (χ1n) is 40.1. The molecule has 13 rings (SSSR count). The van der Waals surface area contributed by atoms with Crippen molar-refractivity contribution in [1.29, 1.82) is 0 Å². The van der Waals surface area contributed by atoms with Gasteiger partial charge in [-0.25, -0.2) is 14.4 Å². The van der Waals surface area contributed by atoms with Crippen molar-refractivity contribution in [2.24, 2.45) is 85.8 Å². The van der Waals surface area contributed by atoms with E-state index < -0.39 is 117 Å². The van der Waals surface area contributed by atoms with E-state index in [9.17, 15) is 69.8 Å². The number of esters is 9. The Morgan fingerprint density at radius 2 is 0.963 bits per heavy atom. The maximum absolute atomic E-state index is 12.8. The number of hydrogen-bond acceptors (Lipinski definition) is 22. The molecule has 22 nitrogen and oxygen atoms in total. The Morgan fingerprint density at radius 3 is 1.39 bits per heavy atom. The quantitative estimate of drug-likeness (QED) is 0.0564. The van der Waals surface area contributed by atoms with Gasteiger partial charge in [0.2, 0.25) is 6.10 Å².